The highest BCUT2D eigenvalue weighted by Crippen LogP contribution is 2.47. The molecule has 1 aromatic carbocycles. The second-order valence-corrected chi connectivity index (χ2v) is 9.46. The lowest BCUT2D eigenvalue weighted by molar-refractivity contribution is -0.172. The summed E-state index contributed by atoms with van der Waals surface area (Å²) in [6.07, 6.45) is 0.601. The van der Waals surface area contributed by atoms with E-state index in [1.807, 2.05) is 0 Å². The van der Waals surface area contributed by atoms with Crippen molar-refractivity contribution in [1.29, 1.82) is 0 Å². The molecule has 0 bridgehead atoms. The molecule has 34 heavy (non-hydrogen) atoms. The van der Waals surface area contributed by atoms with Crippen LogP contribution in [0.4, 0.5) is 4.39 Å². The highest BCUT2D eigenvalue weighted by molar-refractivity contribution is 5.93. The Morgan fingerprint density at radius 2 is 1.97 bits per heavy atom. The number of aromatic nitrogens is 2. The van der Waals surface area contributed by atoms with E-state index in [0.29, 0.717) is 45.4 Å². The summed E-state index contributed by atoms with van der Waals surface area (Å²) in [4.78, 5) is 30.5. The molecular formula is C25H23FN2O6. The molecule has 4 heterocycles. The predicted octanol–water partition coefficient (Wildman–Crippen LogP) is 1.65. The first-order chi connectivity index (χ1) is 16.1. The summed E-state index contributed by atoms with van der Waals surface area (Å²) >= 11 is 0. The number of pyridine rings is 2. The van der Waals surface area contributed by atoms with Crippen molar-refractivity contribution in [2.24, 2.45) is 0 Å². The fraction of sp³-hybridized carbons (Fsp3) is 0.400. The molecule has 8 nitrogen and oxygen atoms in total. The van der Waals surface area contributed by atoms with Crippen LogP contribution in [0.2, 0.25) is 0 Å². The lowest BCUT2D eigenvalue weighted by atomic mass is 9.75. The van der Waals surface area contributed by atoms with Crippen LogP contribution < -0.4 is 5.56 Å². The highest BCUT2D eigenvalue weighted by atomic mass is 19.1. The smallest absolute Gasteiger partial charge is 0.343 e. The number of aryl methyl sites for hydroxylation is 1. The molecule has 2 aliphatic heterocycles. The number of ether oxygens (including phenoxy) is 1. The third-order valence-corrected chi connectivity index (χ3v) is 7.82. The topological polar surface area (TPSA) is 122 Å². The maximum absolute atomic E-state index is 14.8. The number of aliphatic hydroxyl groups excluding tert-OH is 1. The number of halogens is 1. The monoisotopic (exact) mass is 466 g/mol. The third kappa shape index (κ3) is 2.44. The Balaban J connectivity index is 1.72. The Morgan fingerprint density at radius 1 is 1.21 bits per heavy atom. The van der Waals surface area contributed by atoms with Crippen LogP contribution in [0, 0.1) is 12.7 Å². The maximum atomic E-state index is 14.8. The van der Waals surface area contributed by atoms with Crippen LogP contribution in [0.5, 0.6) is 0 Å². The first-order valence-corrected chi connectivity index (χ1v) is 11.3. The first kappa shape index (κ1) is 21.4. The molecule has 2 atom stereocenters. The number of hydrogen-bond acceptors (Lipinski definition) is 7. The summed E-state index contributed by atoms with van der Waals surface area (Å²) in [5, 5.41) is 33.2. The fourth-order valence-corrected chi connectivity index (χ4v) is 5.83. The molecule has 0 saturated carbocycles. The highest BCUT2D eigenvalue weighted by Gasteiger charge is 2.46. The molecule has 6 rings (SSSR count). The summed E-state index contributed by atoms with van der Waals surface area (Å²) < 4.78 is 21.3. The number of rotatable bonds is 2. The summed E-state index contributed by atoms with van der Waals surface area (Å²) in [5.41, 5.74) is -0.291. The number of aliphatic hydroxyl groups is 3. The van der Waals surface area contributed by atoms with Gasteiger partial charge in [0.05, 0.1) is 35.6 Å². The molecule has 3 N–H and O–H groups in total. The normalized spacial score (nSPS) is 24.6. The van der Waals surface area contributed by atoms with Crippen LogP contribution in [0.1, 0.15) is 53.1 Å². The van der Waals surface area contributed by atoms with Gasteiger partial charge in [0.25, 0.3) is 5.56 Å². The lowest BCUT2D eigenvalue weighted by Crippen LogP contribution is -2.44. The minimum absolute atomic E-state index is 0.0170. The van der Waals surface area contributed by atoms with E-state index >= 15 is 0 Å². The molecule has 1 aliphatic carbocycles. The Morgan fingerprint density at radius 3 is 2.68 bits per heavy atom. The number of carbonyl (C=O) groups excluding carboxylic acids is 1. The zero-order chi connectivity index (χ0) is 24.2. The number of fused-ring (bicyclic) bond motifs is 5. The van der Waals surface area contributed by atoms with E-state index in [4.69, 9.17) is 9.72 Å². The quantitative estimate of drug-likeness (QED) is 0.384. The summed E-state index contributed by atoms with van der Waals surface area (Å²) in [5.74, 6) is -1.23. The second-order valence-electron chi connectivity index (χ2n) is 9.46. The molecule has 3 aliphatic rings. The van der Waals surface area contributed by atoms with Crippen molar-refractivity contribution in [2.45, 2.75) is 57.5 Å². The first-order valence-electron chi connectivity index (χ1n) is 11.3. The standard InChI is InChI=1S/C25H23FN2O6/c1-3-25(33)15-6-18-21-13(8-28(18)22(30)14(15)9-34-23(25)31)20-19-12(4-5-24(20,32)10-29)11(2)16(26)7-17(19)27-21/h6-7,29,32-33H,3-5,8-10H2,1-2H3/t24?,25-/m0/s1. The van der Waals surface area contributed by atoms with Crippen molar-refractivity contribution < 1.29 is 29.2 Å². The summed E-state index contributed by atoms with van der Waals surface area (Å²) in [7, 11) is 0. The van der Waals surface area contributed by atoms with Crippen molar-refractivity contribution in [3.8, 4) is 11.4 Å². The van der Waals surface area contributed by atoms with E-state index in [9.17, 15) is 29.3 Å². The van der Waals surface area contributed by atoms with Gasteiger partial charge >= 0.3 is 5.97 Å². The van der Waals surface area contributed by atoms with Gasteiger partial charge in [-0.2, -0.15) is 0 Å². The SMILES string of the molecule is CC[C@@]1(O)C(=O)OCc2c1cc1n(c2=O)Cc2c-1nc1cc(F)c(C)c3c1c2C(O)(CO)CC3. The van der Waals surface area contributed by atoms with Gasteiger partial charge in [-0.15, -0.1) is 0 Å². The zero-order valence-electron chi connectivity index (χ0n) is 18.7. The summed E-state index contributed by atoms with van der Waals surface area (Å²) in [6.45, 7) is 2.61. The van der Waals surface area contributed by atoms with Gasteiger partial charge in [-0.25, -0.2) is 14.2 Å². The Labute approximate surface area is 193 Å². The number of benzene rings is 1. The van der Waals surface area contributed by atoms with Crippen LogP contribution in [-0.2, 0) is 40.3 Å². The van der Waals surface area contributed by atoms with E-state index in [1.54, 1.807) is 19.9 Å². The van der Waals surface area contributed by atoms with E-state index in [-0.39, 0.29) is 37.1 Å². The number of esters is 1. The number of hydrogen-bond donors (Lipinski definition) is 3. The summed E-state index contributed by atoms with van der Waals surface area (Å²) in [6, 6.07) is 2.88. The molecule has 176 valence electrons. The average molecular weight is 466 g/mol. The zero-order valence-corrected chi connectivity index (χ0v) is 18.7. The van der Waals surface area contributed by atoms with E-state index in [1.165, 1.54) is 10.6 Å². The number of nitrogens with zero attached hydrogens (tertiary/aromatic N) is 2. The van der Waals surface area contributed by atoms with Crippen LogP contribution >= 0.6 is 0 Å². The second kappa shape index (κ2) is 6.71. The van der Waals surface area contributed by atoms with Gasteiger partial charge in [0.15, 0.2) is 5.60 Å². The fourth-order valence-electron chi connectivity index (χ4n) is 5.83. The number of cyclic esters (lactones) is 1. The molecule has 0 saturated heterocycles. The van der Waals surface area contributed by atoms with Crippen LogP contribution in [0.25, 0.3) is 22.3 Å². The van der Waals surface area contributed by atoms with Crippen molar-refractivity contribution >= 4 is 16.9 Å². The van der Waals surface area contributed by atoms with Crippen molar-refractivity contribution in [3.05, 3.63) is 61.7 Å². The Bertz CT molecular complexity index is 1510. The van der Waals surface area contributed by atoms with Crippen LogP contribution in [0.15, 0.2) is 16.9 Å². The minimum atomic E-state index is -1.96. The van der Waals surface area contributed by atoms with Gasteiger partial charge in [0.1, 0.15) is 18.0 Å². The van der Waals surface area contributed by atoms with Gasteiger partial charge in [0.2, 0.25) is 0 Å². The van der Waals surface area contributed by atoms with E-state index < -0.39 is 35.2 Å². The van der Waals surface area contributed by atoms with Gasteiger partial charge < -0.3 is 24.6 Å². The Kier molecular flexibility index (Phi) is 4.23. The van der Waals surface area contributed by atoms with Gasteiger partial charge in [0, 0.05) is 28.1 Å². The molecule has 0 radical (unpaired) electrons. The van der Waals surface area contributed by atoms with Gasteiger partial charge in [-0.05, 0) is 43.4 Å². The molecule has 0 spiro atoms. The average Bonchev–Trinajstić information content (AvgIpc) is 3.19. The molecular weight excluding hydrogens is 443 g/mol. The largest absolute Gasteiger partial charge is 0.458 e. The lowest BCUT2D eigenvalue weighted by Gasteiger charge is -2.35. The van der Waals surface area contributed by atoms with Crippen molar-refractivity contribution in [3.63, 3.8) is 0 Å². The van der Waals surface area contributed by atoms with Gasteiger partial charge in [-0.1, -0.05) is 6.92 Å². The van der Waals surface area contributed by atoms with Crippen LogP contribution in [-0.4, -0.2) is 37.4 Å². The van der Waals surface area contributed by atoms with E-state index in [0.717, 1.165) is 5.56 Å². The molecule has 2 aromatic heterocycles. The number of carbonyl (C=O) groups is 1. The maximum Gasteiger partial charge on any atom is 0.343 e. The third-order valence-electron chi connectivity index (χ3n) is 7.82. The Hall–Kier alpha value is -3.14. The molecule has 0 fully saturated rings. The van der Waals surface area contributed by atoms with Crippen molar-refractivity contribution in [1.82, 2.24) is 9.55 Å². The molecule has 0 amide bonds. The van der Waals surface area contributed by atoms with Crippen LogP contribution in [0.3, 0.4) is 0 Å². The molecule has 1 unspecified atom stereocenters. The predicted molar refractivity (Wildman–Crippen MR) is 119 cm³/mol. The minimum Gasteiger partial charge on any atom is -0.458 e. The molecule has 3 aromatic rings. The van der Waals surface area contributed by atoms with Crippen molar-refractivity contribution in [2.75, 3.05) is 6.61 Å². The molecule has 9 heteroatoms. The van der Waals surface area contributed by atoms with E-state index in [2.05, 4.69) is 0 Å². The van der Waals surface area contributed by atoms with Gasteiger partial charge in [-0.3, -0.25) is 4.79 Å².